The van der Waals surface area contributed by atoms with Crippen LogP contribution in [-0.2, 0) is 27.3 Å². The Hall–Kier alpha value is -2.58. The maximum Gasteiger partial charge on any atom is 0.326 e. The Morgan fingerprint density at radius 2 is 1.93 bits per heavy atom. The average molecular weight is 425 g/mol. The zero-order chi connectivity index (χ0) is 20.3. The fourth-order valence-corrected chi connectivity index (χ4v) is 3.83. The molecule has 0 atom stereocenters. The van der Waals surface area contributed by atoms with Gasteiger partial charge in [-0.2, -0.15) is 4.99 Å². The van der Waals surface area contributed by atoms with Gasteiger partial charge in [0.2, 0.25) is 0 Å². The molecule has 0 N–H and O–H groups in total. The van der Waals surface area contributed by atoms with Crippen LogP contribution in [0, 0.1) is 11.6 Å². The van der Waals surface area contributed by atoms with Crippen LogP contribution in [0.2, 0.25) is 5.02 Å². The minimum absolute atomic E-state index is 0.00165. The highest BCUT2D eigenvalue weighted by atomic mass is 35.5. The highest BCUT2D eigenvalue weighted by Gasteiger charge is 2.17. The van der Waals surface area contributed by atoms with Crippen molar-refractivity contribution in [2.45, 2.75) is 19.9 Å². The molecule has 0 fully saturated rings. The number of aromatic nitrogens is 1. The molecule has 0 bridgehead atoms. The summed E-state index contributed by atoms with van der Waals surface area (Å²) in [5.74, 6) is -2.71. The van der Waals surface area contributed by atoms with E-state index in [0.717, 1.165) is 23.5 Å². The largest absolute Gasteiger partial charge is 0.465 e. The van der Waals surface area contributed by atoms with E-state index in [9.17, 15) is 18.4 Å². The molecule has 0 spiro atoms. The van der Waals surface area contributed by atoms with E-state index in [0.29, 0.717) is 10.6 Å². The summed E-state index contributed by atoms with van der Waals surface area (Å²) < 4.78 is 34.3. The number of rotatable bonds is 5. The Labute approximate surface area is 167 Å². The van der Waals surface area contributed by atoms with Gasteiger partial charge in [-0.3, -0.25) is 9.59 Å². The minimum atomic E-state index is -0.845. The second-order valence-electron chi connectivity index (χ2n) is 5.82. The van der Waals surface area contributed by atoms with Gasteiger partial charge in [0.1, 0.15) is 12.4 Å². The van der Waals surface area contributed by atoms with E-state index in [-0.39, 0.29) is 34.6 Å². The lowest BCUT2D eigenvalue weighted by atomic mass is 10.1. The van der Waals surface area contributed by atoms with E-state index in [1.165, 1.54) is 4.57 Å². The first kappa shape index (κ1) is 20.2. The molecule has 3 aromatic rings. The third-order valence-electron chi connectivity index (χ3n) is 3.78. The van der Waals surface area contributed by atoms with Crippen LogP contribution in [0.4, 0.5) is 8.78 Å². The number of fused-ring (bicyclic) bond motifs is 1. The lowest BCUT2D eigenvalue weighted by Crippen LogP contribution is -2.23. The molecule has 0 aliphatic carbocycles. The van der Waals surface area contributed by atoms with Gasteiger partial charge >= 0.3 is 5.97 Å². The molecule has 3 rings (SSSR count). The number of carbonyl (C=O) groups excluding carboxylic acids is 2. The van der Waals surface area contributed by atoms with Gasteiger partial charge < -0.3 is 9.30 Å². The highest BCUT2D eigenvalue weighted by Crippen LogP contribution is 2.22. The predicted molar refractivity (Wildman–Crippen MR) is 102 cm³/mol. The smallest absolute Gasteiger partial charge is 0.326 e. The summed E-state index contributed by atoms with van der Waals surface area (Å²) in [7, 11) is 0. The second kappa shape index (κ2) is 8.62. The van der Waals surface area contributed by atoms with Crippen LogP contribution in [0.5, 0.6) is 0 Å². The van der Waals surface area contributed by atoms with Gasteiger partial charge in [-0.1, -0.05) is 35.1 Å². The number of nitrogens with zero attached hydrogens (tertiary/aromatic N) is 2. The number of thiazole rings is 1. The van der Waals surface area contributed by atoms with E-state index < -0.39 is 23.5 Å². The number of carbonyl (C=O) groups is 2. The van der Waals surface area contributed by atoms with E-state index in [1.807, 2.05) is 0 Å². The molecule has 28 heavy (non-hydrogen) atoms. The Morgan fingerprint density at radius 3 is 2.61 bits per heavy atom. The summed E-state index contributed by atoms with van der Waals surface area (Å²) in [6.07, 6.45) is 0.00165. The first-order valence-electron chi connectivity index (χ1n) is 8.33. The molecule has 0 unspecified atom stereocenters. The van der Waals surface area contributed by atoms with Gasteiger partial charge in [-0.15, -0.1) is 0 Å². The van der Waals surface area contributed by atoms with Crippen LogP contribution in [0.15, 0.2) is 41.4 Å². The number of esters is 1. The van der Waals surface area contributed by atoms with E-state index in [1.54, 1.807) is 31.2 Å². The molecular formula is C19H15ClF2N2O3S. The summed E-state index contributed by atoms with van der Waals surface area (Å²) in [6, 6.07) is 8.56. The lowest BCUT2D eigenvalue weighted by molar-refractivity contribution is -0.143. The quantitative estimate of drug-likeness (QED) is 0.584. The van der Waals surface area contributed by atoms with Gasteiger partial charge in [-0.05, 0) is 30.7 Å². The number of amides is 1. The van der Waals surface area contributed by atoms with Crippen LogP contribution in [0.25, 0.3) is 10.2 Å². The molecule has 2 aromatic carbocycles. The van der Waals surface area contributed by atoms with Crippen LogP contribution in [0.3, 0.4) is 0 Å². The summed E-state index contributed by atoms with van der Waals surface area (Å²) in [5.41, 5.74) is 0.700. The van der Waals surface area contributed by atoms with Crippen LogP contribution < -0.4 is 4.80 Å². The number of ether oxygens (including phenoxy) is 1. The number of halogens is 3. The van der Waals surface area contributed by atoms with Gasteiger partial charge in [0.15, 0.2) is 10.6 Å². The van der Waals surface area contributed by atoms with Crippen molar-refractivity contribution in [3.63, 3.8) is 0 Å². The Bertz CT molecular complexity index is 1110. The van der Waals surface area contributed by atoms with Gasteiger partial charge in [-0.25, -0.2) is 8.78 Å². The molecule has 0 saturated heterocycles. The maximum absolute atomic E-state index is 14.3. The summed E-state index contributed by atoms with van der Waals surface area (Å²) >= 11 is 6.75. The zero-order valence-corrected chi connectivity index (χ0v) is 16.3. The van der Waals surface area contributed by atoms with Crippen molar-refractivity contribution in [2.24, 2.45) is 4.99 Å². The maximum atomic E-state index is 14.3. The van der Waals surface area contributed by atoms with Crippen molar-refractivity contribution in [2.75, 3.05) is 6.61 Å². The Morgan fingerprint density at radius 1 is 1.21 bits per heavy atom. The number of hydrogen-bond donors (Lipinski definition) is 0. The van der Waals surface area contributed by atoms with Crippen molar-refractivity contribution < 1.29 is 23.1 Å². The monoisotopic (exact) mass is 424 g/mol. The third kappa shape index (κ3) is 4.63. The van der Waals surface area contributed by atoms with Crippen molar-refractivity contribution >= 4 is 45.0 Å². The van der Waals surface area contributed by atoms with Crippen LogP contribution >= 0.6 is 22.9 Å². The number of hydrogen-bond acceptors (Lipinski definition) is 4. The van der Waals surface area contributed by atoms with Crippen LogP contribution in [-0.4, -0.2) is 23.1 Å². The van der Waals surface area contributed by atoms with E-state index in [2.05, 4.69) is 4.99 Å². The molecule has 0 saturated carbocycles. The fraction of sp³-hybridized carbons (Fsp3) is 0.211. The van der Waals surface area contributed by atoms with Crippen molar-refractivity contribution in [1.82, 2.24) is 4.57 Å². The molecule has 5 nitrogen and oxygen atoms in total. The first-order chi connectivity index (χ1) is 13.4. The molecular weight excluding hydrogens is 410 g/mol. The summed E-state index contributed by atoms with van der Waals surface area (Å²) in [4.78, 5) is 28.4. The van der Waals surface area contributed by atoms with Crippen molar-refractivity contribution in [3.05, 3.63) is 63.4 Å². The summed E-state index contributed by atoms with van der Waals surface area (Å²) in [6.45, 7) is 1.45. The topological polar surface area (TPSA) is 60.7 Å². The van der Waals surface area contributed by atoms with E-state index in [4.69, 9.17) is 16.3 Å². The molecule has 1 heterocycles. The third-order valence-corrected chi connectivity index (χ3v) is 5.05. The SMILES string of the molecule is CCOC(=O)Cn1c(=NC(=O)Cc2ccc(Cl)cc2)sc2cc(F)cc(F)c21. The lowest BCUT2D eigenvalue weighted by Gasteiger charge is -2.06. The predicted octanol–water partition coefficient (Wildman–Crippen LogP) is 3.87. The van der Waals surface area contributed by atoms with Crippen molar-refractivity contribution in [1.29, 1.82) is 0 Å². The summed E-state index contributed by atoms with van der Waals surface area (Å²) in [5, 5.41) is 0.544. The Kier molecular flexibility index (Phi) is 6.21. The van der Waals surface area contributed by atoms with Gasteiger partial charge in [0.05, 0.1) is 23.2 Å². The Balaban J connectivity index is 2.03. The van der Waals surface area contributed by atoms with Gasteiger partial charge in [0.25, 0.3) is 5.91 Å². The molecule has 0 radical (unpaired) electrons. The van der Waals surface area contributed by atoms with Gasteiger partial charge in [0, 0.05) is 11.1 Å². The fourth-order valence-electron chi connectivity index (χ4n) is 2.62. The number of benzene rings is 2. The molecule has 1 aromatic heterocycles. The molecule has 0 aliphatic rings. The molecule has 0 aliphatic heterocycles. The average Bonchev–Trinajstić information content (AvgIpc) is 2.94. The minimum Gasteiger partial charge on any atom is -0.465 e. The first-order valence-corrected chi connectivity index (χ1v) is 9.53. The molecule has 9 heteroatoms. The zero-order valence-electron chi connectivity index (χ0n) is 14.7. The molecule has 146 valence electrons. The molecule has 1 amide bonds. The normalized spacial score (nSPS) is 11.8. The van der Waals surface area contributed by atoms with Crippen LogP contribution in [0.1, 0.15) is 12.5 Å². The van der Waals surface area contributed by atoms with E-state index >= 15 is 0 Å². The van der Waals surface area contributed by atoms with Crippen molar-refractivity contribution in [3.8, 4) is 0 Å². The highest BCUT2D eigenvalue weighted by molar-refractivity contribution is 7.16. The second-order valence-corrected chi connectivity index (χ2v) is 7.26. The standard InChI is InChI=1S/C19H15ClF2N2O3S/c1-2-27-17(26)10-24-18-14(22)8-13(21)9-15(18)28-19(24)23-16(25)7-11-3-5-12(20)6-4-11/h3-6,8-9H,2,7,10H2,1H3.